The van der Waals surface area contributed by atoms with Gasteiger partial charge in [0, 0.05) is 6.54 Å². The molecule has 0 spiro atoms. The van der Waals surface area contributed by atoms with E-state index < -0.39 is 0 Å². The number of para-hydroxylation sites is 1. The second kappa shape index (κ2) is 8.64. The summed E-state index contributed by atoms with van der Waals surface area (Å²) in [4.78, 5) is 14.1. The summed E-state index contributed by atoms with van der Waals surface area (Å²) in [5.41, 5.74) is 0. The van der Waals surface area contributed by atoms with Gasteiger partial charge in [-0.15, -0.1) is 0 Å². The Balaban J connectivity index is 1.56. The van der Waals surface area contributed by atoms with E-state index in [1.165, 1.54) is 6.42 Å². The lowest BCUT2D eigenvalue weighted by molar-refractivity contribution is -0.122. The third-order valence-corrected chi connectivity index (χ3v) is 3.67. The fourth-order valence-electron chi connectivity index (χ4n) is 2.65. The van der Waals surface area contributed by atoms with Gasteiger partial charge in [0.05, 0.1) is 13.1 Å². The number of hydrogen-bond donors (Lipinski definition) is 2. The van der Waals surface area contributed by atoms with Crippen LogP contribution >= 0.6 is 0 Å². The average Bonchev–Trinajstić information content (AvgIpc) is 2.92. The Labute approximate surface area is 126 Å². The number of carbonyl (C=O) groups excluding carboxylic acids is 1. The van der Waals surface area contributed by atoms with Gasteiger partial charge in [0.25, 0.3) is 0 Å². The Hall–Kier alpha value is -1.59. The number of likely N-dealkylation sites (tertiary alicyclic amines) is 1. The molecule has 21 heavy (non-hydrogen) atoms. The van der Waals surface area contributed by atoms with E-state index in [1.54, 1.807) is 0 Å². The molecule has 1 atom stereocenters. The number of benzene rings is 1. The van der Waals surface area contributed by atoms with E-state index in [4.69, 9.17) is 4.74 Å². The van der Waals surface area contributed by atoms with Crippen molar-refractivity contribution >= 4 is 5.91 Å². The maximum atomic E-state index is 11.9. The molecule has 0 bridgehead atoms. The van der Waals surface area contributed by atoms with Crippen LogP contribution in [0.25, 0.3) is 0 Å². The van der Waals surface area contributed by atoms with Crippen molar-refractivity contribution < 1.29 is 9.53 Å². The highest BCUT2D eigenvalue weighted by Gasteiger charge is 2.23. The Morgan fingerprint density at radius 2 is 2.19 bits per heavy atom. The van der Waals surface area contributed by atoms with Gasteiger partial charge in [-0.3, -0.25) is 9.69 Å². The van der Waals surface area contributed by atoms with Crippen LogP contribution in [-0.4, -0.2) is 57.2 Å². The van der Waals surface area contributed by atoms with E-state index in [-0.39, 0.29) is 5.91 Å². The van der Waals surface area contributed by atoms with Gasteiger partial charge in [0.15, 0.2) is 0 Å². The fourth-order valence-corrected chi connectivity index (χ4v) is 2.65. The average molecular weight is 291 g/mol. The van der Waals surface area contributed by atoms with E-state index in [2.05, 4.69) is 15.5 Å². The van der Waals surface area contributed by atoms with E-state index in [1.807, 2.05) is 37.4 Å². The van der Waals surface area contributed by atoms with Crippen LogP contribution in [0.15, 0.2) is 30.3 Å². The first-order valence-corrected chi connectivity index (χ1v) is 7.59. The third-order valence-electron chi connectivity index (χ3n) is 3.67. The highest BCUT2D eigenvalue weighted by Crippen LogP contribution is 2.14. The van der Waals surface area contributed by atoms with Gasteiger partial charge in [-0.2, -0.15) is 0 Å². The number of hydrogen-bond acceptors (Lipinski definition) is 4. The minimum absolute atomic E-state index is 0.0803. The largest absolute Gasteiger partial charge is 0.492 e. The molecule has 2 N–H and O–H groups in total. The molecule has 1 heterocycles. The van der Waals surface area contributed by atoms with Gasteiger partial charge in [-0.1, -0.05) is 18.2 Å². The number of carbonyl (C=O) groups is 1. The summed E-state index contributed by atoms with van der Waals surface area (Å²) in [5, 5.41) is 6.10. The van der Waals surface area contributed by atoms with Crippen LogP contribution in [0.2, 0.25) is 0 Å². The lowest BCUT2D eigenvalue weighted by atomic mass is 10.1. The normalized spacial score (nSPS) is 18.6. The van der Waals surface area contributed by atoms with Crippen molar-refractivity contribution in [2.24, 2.45) is 5.92 Å². The van der Waals surface area contributed by atoms with E-state index in [0.717, 1.165) is 25.4 Å². The van der Waals surface area contributed by atoms with Crippen LogP contribution in [0.4, 0.5) is 0 Å². The highest BCUT2D eigenvalue weighted by atomic mass is 16.5. The van der Waals surface area contributed by atoms with Gasteiger partial charge < -0.3 is 15.4 Å². The monoisotopic (exact) mass is 291 g/mol. The molecule has 1 aliphatic heterocycles. The lowest BCUT2D eigenvalue weighted by Crippen LogP contribution is -2.38. The van der Waals surface area contributed by atoms with Crippen molar-refractivity contribution in [3.8, 4) is 5.75 Å². The van der Waals surface area contributed by atoms with Crippen LogP contribution in [-0.2, 0) is 4.79 Å². The van der Waals surface area contributed by atoms with Crippen LogP contribution in [0.3, 0.4) is 0 Å². The third kappa shape index (κ3) is 5.73. The molecule has 1 saturated heterocycles. The van der Waals surface area contributed by atoms with Crippen molar-refractivity contribution in [2.45, 2.75) is 6.42 Å². The molecular weight excluding hydrogens is 266 g/mol. The molecule has 1 aromatic rings. The van der Waals surface area contributed by atoms with Gasteiger partial charge >= 0.3 is 0 Å². The number of amides is 1. The fraction of sp³-hybridized carbons (Fsp3) is 0.562. The van der Waals surface area contributed by atoms with Gasteiger partial charge in [0.1, 0.15) is 12.4 Å². The van der Waals surface area contributed by atoms with Crippen LogP contribution in [0.5, 0.6) is 5.75 Å². The molecule has 1 aliphatic rings. The number of ether oxygens (including phenoxy) is 1. The van der Waals surface area contributed by atoms with Crippen molar-refractivity contribution in [1.29, 1.82) is 0 Å². The number of nitrogens with one attached hydrogen (secondary N) is 2. The molecule has 5 nitrogen and oxygen atoms in total. The molecule has 0 radical (unpaired) electrons. The summed E-state index contributed by atoms with van der Waals surface area (Å²) < 4.78 is 5.54. The maximum absolute atomic E-state index is 11.9. The minimum Gasteiger partial charge on any atom is -0.492 e. The van der Waals surface area contributed by atoms with Crippen LogP contribution in [0, 0.1) is 5.92 Å². The lowest BCUT2D eigenvalue weighted by Gasteiger charge is -2.15. The molecule has 5 heteroatoms. The summed E-state index contributed by atoms with van der Waals surface area (Å²) >= 11 is 0. The molecule has 2 rings (SSSR count). The van der Waals surface area contributed by atoms with Crippen LogP contribution < -0.4 is 15.4 Å². The van der Waals surface area contributed by atoms with Crippen LogP contribution in [0.1, 0.15) is 6.42 Å². The zero-order chi connectivity index (χ0) is 14.9. The molecule has 116 valence electrons. The standard InChI is InChI=1S/C16H25N3O2/c1-17-11-14-7-9-19(12-14)13-16(20)18-8-10-21-15-5-3-2-4-6-15/h2-6,14,17H,7-13H2,1H3,(H,18,20). The summed E-state index contributed by atoms with van der Waals surface area (Å²) in [6, 6.07) is 9.64. The van der Waals surface area contributed by atoms with Gasteiger partial charge in [0.2, 0.25) is 5.91 Å². The quantitative estimate of drug-likeness (QED) is 0.693. The predicted molar refractivity (Wildman–Crippen MR) is 83.4 cm³/mol. The van der Waals surface area contributed by atoms with E-state index in [0.29, 0.717) is 25.6 Å². The first-order valence-electron chi connectivity index (χ1n) is 7.59. The van der Waals surface area contributed by atoms with Gasteiger partial charge in [-0.25, -0.2) is 0 Å². The topological polar surface area (TPSA) is 53.6 Å². The van der Waals surface area contributed by atoms with Crippen molar-refractivity contribution in [3.05, 3.63) is 30.3 Å². The second-order valence-corrected chi connectivity index (χ2v) is 5.46. The molecule has 0 saturated carbocycles. The Kier molecular flexibility index (Phi) is 6.50. The van der Waals surface area contributed by atoms with Gasteiger partial charge in [-0.05, 0) is 44.6 Å². The molecular formula is C16H25N3O2. The maximum Gasteiger partial charge on any atom is 0.234 e. The molecule has 1 fully saturated rings. The SMILES string of the molecule is CNCC1CCN(CC(=O)NCCOc2ccccc2)C1. The van der Waals surface area contributed by atoms with Crippen molar-refractivity contribution in [1.82, 2.24) is 15.5 Å². The molecule has 1 unspecified atom stereocenters. The summed E-state index contributed by atoms with van der Waals surface area (Å²) in [6.07, 6.45) is 1.17. The van der Waals surface area contributed by atoms with Crippen molar-refractivity contribution in [3.63, 3.8) is 0 Å². The first kappa shape index (κ1) is 15.8. The number of rotatable bonds is 8. The summed E-state index contributed by atoms with van der Waals surface area (Å²) in [6.45, 7) is 4.59. The zero-order valence-corrected chi connectivity index (χ0v) is 12.7. The minimum atomic E-state index is 0.0803. The Bertz CT molecular complexity index is 425. The predicted octanol–water partition coefficient (Wildman–Crippen LogP) is 0.723. The highest BCUT2D eigenvalue weighted by molar-refractivity contribution is 5.78. The van der Waals surface area contributed by atoms with Crippen molar-refractivity contribution in [2.75, 3.05) is 46.4 Å². The Morgan fingerprint density at radius 3 is 2.95 bits per heavy atom. The second-order valence-electron chi connectivity index (χ2n) is 5.46. The summed E-state index contributed by atoms with van der Waals surface area (Å²) in [7, 11) is 1.97. The summed E-state index contributed by atoms with van der Waals surface area (Å²) in [5.74, 6) is 1.59. The Morgan fingerprint density at radius 1 is 1.38 bits per heavy atom. The van der Waals surface area contributed by atoms with E-state index in [9.17, 15) is 4.79 Å². The van der Waals surface area contributed by atoms with E-state index >= 15 is 0 Å². The molecule has 0 aromatic heterocycles. The molecule has 0 aliphatic carbocycles. The smallest absolute Gasteiger partial charge is 0.234 e. The number of nitrogens with zero attached hydrogens (tertiary/aromatic N) is 1. The first-order chi connectivity index (χ1) is 10.3. The zero-order valence-electron chi connectivity index (χ0n) is 12.7. The molecule has 1 aromatic carbocycles. The molecule has 1 amide bonds.